The number of sulfonamides is 1. The summed E-state index contributed by atoms with van der Waals surface area (Å²) in [6, 6.07) is 18.2. The molecule has 6 nitrogen and oxygen atoms in total. The van der Waals surface area contributed by atoms with Gasteiger partial charge < -0.3 is 14.2 Å². The van der Waals surface area contributed by atoms with Crippen molar-refractivity contribution in [2.24, 2.45) is 5.14 Å². The van der Waals surface area contributed by atoms with Crippen molar-refractivity contribution in [3.05, 3.63) is 72.8 Å². The fourth-order valence-corrected chi connectivity index (χ4v) is 3.86. The Labute approximate surface area is 175 Å². The number of para-hydroxylation sites is 1. The molecule has 0 aliphatic carbocycles. The van der Waals surface area contributed by atoms with Gasteiger partial charge in [-0.05, 0) is 54.4 Å². The second-order valence-electron chi connectivity index (χ2n) is 5.84. The summed E-state index contributed by atoms with van der Waals surface area (Å²) in [6.45, 7) is 0. The van der Waals surface area contributed by atoms with Crippen LogP contribution in [0.25, 0.3) is 0 Å². The maximum absolute atomic E-state index is 12.4. The summed E-state index contributed by atoms with van der Waals surface area (Å²) in [5, 5.41) is 5.30. The number of ether oxygens (including phenoxy) is 2. The van der Waals surface area contributed by atoms with Gasteiger partial charge in [0.2, 0.25) is 10.0 Å². The molecule has 0 atom stereocenters. The monoisotopic (exact) mass is 456 g/mol. The molecule has 0 saturated heterocycles. The van der Waals surface area contributed by atoms with E-state index in [1.165, 1.54) is 30.3 Å². The summed E-state index contributed by atoms with van der Waals surface area (Å²) in [7, 11) is -4.11. The van der Waals surface area contributed by atoms with Crippen molar-refractivity contribution >= 4 is 27.7 Å². The number of nitrogens with two attached hydrogens (primary N) is 1. The molecule has 30 heavy (non-hydrogen) atoms. The van der Waals surface area contributed by atoms with Crippen LogP contribution in [0.15, 0.2) is 82.6 Å². The van der Waals surface area contributed by atoms with Crippen molar-refractivity contribution in [3.8, 4) is 17.2 Å². The van der Waals surface area contributed by atoms with Gasteiger partial charge in [0.25, 0.3) is 0 Å². The summed E-state index contributed by atoms with van der Waals surface area (Å²) in [6.07, 6.45) is -4.81. The Morgan fingerprint density at radius 3 is 2.23 bits per heavy atom. The molecule has 11 heteroatoms. The molecular weight excluding hydrogens is 441 g/mol. The Morgan fingerprint density at radius 2 is 1.57 bits per heavy atom. The third-order valence-corrected chi connectivity index (χ3v) is 5.32. The van der Waals surface area contributed by atoms with Gasteiger partial charge in [-0.3, -0.25) is 0 Å². The quantitative estimate of drug-likeness (QED) is 0.478. The van der Waals surface area contributed by atoms with Crippen LogP contribution in [-0.4, -0.2) is 14.8 Å². The van der Waals surface area contributed by atoms with E-state index in [4.69, 9.17) is 9.88 Å². The highest BCUT2D eigenvalue weighted by Gasteiger charge is 2.31. The second kappa shape index (κ2) is 8.86. The lowest BCUT2D eigenvalue weighted by molar-refractivity contribution is -0.274. The lowest BCUT2D eigenvalue weighted by atomic mass is 10.3. The number of anilines is 1. The predicted molar refractivity (Wildman–Crippen MR) is 107 cm³/mol. The summed E-state index contributed by atoms with van der Waals surface area (Å²) in [5.74, 6) is 0.364. The lowest BCUT2D eigenvalue weighted by Gasteiger charge is -2.13. The molecule has 3 rings (SSSR count). The molecule has 0 fully saturated rings. The van der Waals surface area contributed by atoms with E-state index in [0.29, 0.717) is 10.6 Å². The van der Waals surface area contributed by atoms with Crippen molar-refractivity contribution in [2.45, 2.75) is 16.2 Å². The maximum Gasteiger partial charge on any atom is 0.573 e. The van der Waals surface area contributed by atoms with Crippen molar-refractivity contribution in [2.75, 3.05) is 4.72 Å². The Morgan fingerprint density at radius 1 is 0.867 bits per heavy atom. The molecule has 0 unspecified atom stereocenters. The average Bonchev–Trinajstić information content (AvgIpc) is 2.66. The van der Waals surface area contributed by atoms with Gasteiger partial charge in [0, 0.05) is 11.0 Å². The molecule has 3 aromatic carbocycles. The number of rotatable bonds is 7. The van der Waals surface area contributed by atoms with Crippen LogP contribution in [0.4, 0.5) is 18.9 Å². The number of benzene rings is 3. The number of primary sulfonamides is 1. The van der Waals surface area contributed by atoms with Crippen LogP contribution < -0.4 is 19.3 Å². The molecule has 3 aromatic rings. The summed E-state index contributed by atoms with van der Waals surface area (Å²) < 4.78 is 73.4. The van der Waals surface area contributed by atoms with Crippen LogP contribution in [0.2, 0.25) is 0 Å². The third kappa shape index (κ3) is 6.31. The zero-order valence-electron chi connectivity index (χ0n) is 15.1. The molecule has 0 aliphatic heterocycles. The first kappa shape index (κ1) is 21.8. The van der Waals surface area contributed by atoms with Crippen LogP contribution in [0.5, 0.6) is 17.2 Å². The van der Waals surface area contributed by atoms with Gasteiger partial charge >= 0.3 is 6.36 Å². The third-order valence-electron chi connectivity index (χ3n) is 3.56. The number of alkyl halides is 3. The summed E-state index contributed by atoms with van der Waals surface area (Å²) in [5.41, 5.74) is 0.144. The molecular formula is C19H15F3N2O4S2. The molecule has 158 valence electrons. The first-order chi connectivity index (χ1) is 14.1. The number of hydrogen-bond acceptors (Lipinski definition) is 6. The predicted octanol–water partition coefficient (Wildman–Crippen LogP) is 5.14. The molecule has 0 aromatic heterocycles. The largest absolute Gasteiger partial charge is 0.573 e. The van der Waals surface area contributed by atoms with E-state index in [1.807, 2.05) is 6.07 Å². The van der Waals surface area contributed by atoms with E-state index in [0.717, 1.165) is 24.1 Å². The van der Waals surface area contributed by atoms with E-state index in [1.54, 1.807) is 24.3 Å². The summed E-state index contributed by atoms with van der Waals surface area (Å²) >= 11 is 0.896. The van der Waals surface area contributed by atoms with E-state index < -0.39 is 22.1 Å². The van der Waals surface area contributed by atoms with Gasteiger partial charge in [-0.15, -0.1) is 13.2 Å². The van der Waals surface area contributed by atoms with Crippen LogP contribution in [-0.2, 0) is 10.0 Å². The second-order valence-corrected chi connectivity index (χ2v) is 8.25. The van der Waals surface area contributed by atoms with Gasteiger partial charge in [-0.25, -0.2) is 13.6 Å². The van der Waals surface area contributed by atoms with Crippen molar-refractivity contribution in [1.82, 2.24) is 0 Å². The van der Waals surface area contributed by atoms with Crippen LogP contribution in [0, 0.1) is 0 Å². The van der Waals surface area contributed by atoms with E-state index in [2.05, 4.69) is 9.46 Å². The molecule has 0 heterocycles. The van der Waals surface area contributed by atoms with Crippen LogP contribution in [0.3, 0.4) is 0 Å². The van der Waals surface area contributed by atoms with Gasteiger partial charge in [0.1, 0.15) is 22.1 Å². The smallest absolute Gasteiger partial charge is 0.457 e. The number of halogens is 3. The first-order valence-electron chi connectivity index (χ1n) is 8.28. The molecule has 0 aliphatic rings. The Balaban J connectivity index is 1.80. The van der Waals surface area contributed by atoms with E-state index in [-0.39, 0.29) is 16.3 Å². The molecule has 0 bridgehead atoms. The van der Waals surface area contributed by atoms with Crippen molar-refractivity contribution < 1.29 is 31.1 Å². The topological polar surface area (TPSA) is 90.7 Å². The standard InChI is InChI=1S/C19H15F3N2O4S2/c20-19(21,22)28-15-7-4-8-16(11-15)29-24-17-10-9-14(12-18(17)30(23,25)26)27-13-5-2-1-3-6-13/h1-12,24H,(H2,23,25,26). The molecule has 0 spiro atoms. The van der Waals surface area contributed by atoms with E-state index >= 15 is 0 Å². The number of nitrogens with one attached hydrogen (secondary N) is 1. The highest BCUT2D eigenvalue weighted by atomic mass is 32.2. The lowest BCUT2D eigenvalue weighted by Crippen LogP contribution is -2.17. The van der Waals surface area contributed by atoms with Crippen LogP contribution >= 0.6 is 11.9 Å². The van der Waals surface area contributed by atoms with Gasteiger partial charge in [0.05, 0.1) is 5.69 Å². The van der Waals surface area contributed by atoms with Crippen molar-refractivity contribution in [1.29, 1.82) is 0 Å². The summed E-state index contributed by atoms with van der Waals surface area (Å²) in [4.78, 5) is 0.132. The zero-order chi connectivity index (χ0) is 21.8. The van der Waals surface area contributed by atoms with E-state index in [9.17, 15) is 21.6 Å². The Hall–Kier alpha value is -2.89. The molecule has 0 radical (unpaired) electrons. The molecule has 3 N–H and O–H groups in total. The normalized spacial score (nSPS) is 11.7. The van der Waals surface area contributed by atoms with Gasteiger partial charge in [-0.1, -0.05) is 24.3 Å². The highest BCUT2D eigenvalue weighted by molar-refractivity contribution is 8.00. The fourth-order valence-electron chi connectivity index (χ4n) is 2.36. The molecule has 0 saturated carbocycles. The highest BCUT2D eigenvalue weighted by Crippen LogP contribution is 2.33. The van der Waals surface area contributed by atoms with Gasteiger partial charge in [0.15, 0.2) is 0 Å². The molecule has 0 amide bonds. The SMILES string of the molecule is NS(=O)(=O)c1cc(Oc2ccccc2)ccc1NSc1cccc(OC(F)(F)F)c1. The minimum atomic E-state index is -4.81. The first-order valence-corrected chi connectivity index (χ1v) is 10.6. The Kier molecular flexibility index (Phi) is 6.44. The van der Waals surface area contributed by atoms with Crippen molar-refractivity contribution in [3.63, 3.8) is 0 Å². The minimum absolute atomic E-state index is 0.144. The average molecular weight is 456 g/mol. The number of hydrogen-bond donors (Lipinski definition) is 2. The zero-order valence-corrected chi connectivity index (χ0v) is 16.7. The Bertz CT molecular complexity index is 1120. The fraction of sp³-hybridized carbons (Fsp3) is 0.0526. The minimum Gasteiger partial charge on any atom is -0.457 e. The maximum atomic E-state index is 12.4. The van der Waals surface area contributed by atoms with Crippen LogP contribution in [0.1, 0.15) is 0 Å². The van der Waals surface area contributed by atoms with Gasteiger partial charge in [-0.2, -0.15) is 0 Å².